The largest absolute Gasteiger partial charge is 0.467 e. The summed E-state index contributed by atoms with van der Waals surface area (Å²) in [6.07, 6.45) is 1.80. The van der Waals surface area contributed by atoms with Crippen molar-refractivity contribution >= 4 is 40.1 Å². The Balaban J connectivity index is 2.60. The Morgan fingerprint density at radius 1 is 1.41 bits per heavy atom. The maximum atomic E-state index is 11.5. The summed E-state index contributed by atoms with van der Waals surface area (Å²) in [5, 5.41) is 1.98. The third-order valence-corrected chi connectivity index (χ3v) is 3.24. The van der Waals surface area contributed by atoms with E-state index in [2.05, 4.69) is 0 Å². The number of hydrogen-bond acceptors (Lipinski definition) is 2. The maximum absolute atomic E-state index is 11.5. The quantitative estimate of drug-likeness (QED) is 0.781. The van der Waals surface area contributed by atoms with Crippen molar-refractivity contribution in [2.24, 2.45) is 0 Å². The van der Waals surface area contributed by atoms with Crippen molar-refractivity contribution < 1.29 is 9.53 Å². The van der Waals surface area contributed by atoms with E-state index < -0.39 is 6.04 Å². The molecule has 0 fully saturated rings. The molecule has 5 heteroatoms. The monoisotopic (exact) mass is 271 g/mol. The van der Waals surface area contributed by atoms with E-state index in [1.54, 1.807) is 29.8 Å². The van der Waals surface area contributed by atoms with Crippen LogP contribution in [0.25, 0.3) is 10.9 Å². The molecule has 0 radical (unpaired) electrons. The van der Waals surface area contributed by atoms with E-state index >= 15 is 0 Å². The zero-order chi connectivity index (χ0) is 12.6. The fourth-order valence-electron chi connectivity index (χ4n) is 1.81. The lowest BCUT2D eigenvalue weighted by Crippen LogP contribution is -2.16. The van der Waals surface area contributed by atoms with Crippen LogP contribution in [0.15, 0.2) is 24.4 Å². The molecule has 0 saturated carbocycles. The first kappa shape index (κ1) is 12.3. The van der Waals surface area contributed by atoms with Crippen LogP contribution in [0.5, 0.6) is 0 Å². The van der Waals surface area contributed by atoms with Gasteiger partial charge in [0.05, 0.1) is 17.6 Å². The molecule has 90 valence electrons. The van der Waals surface area contributed by atoms with E-state index in [0.29, 0.717) is 10.0 Å². The number of methoxy groups -OCH3 is 1. The van der Waals surface area contributed by atoms with Gasteiger partial charge in [-0.3, -0.25) is 0 Å². The van der Waals surface area contributed by atoms with Gasteiger partial charge in [0.1, 0.15) is 6.04 Å². The van der Waals surface area contributed by atoms with Crippen molar-refractivity contribution in [2.75, 3.05) is 7.11 Å². The number of benzene rings is 1. The number of ether oxygens (including phenoxy) is 1. The molecule has 17 heavy (non-hydrogen) atoms. The summed E-state index contributed by atoms with van der Waals surface area (Å²) in [5.41, 5.74) is 0.820. The van der Waals surface area contributed by atoms with Crippen LogP contribution in [0.4, 0.5) is 0 Å². The number of esters is 1. The van der Waals surface area contributed by atoms with Gasteiger partial charge in [-0.05, 0) is 25.1 Å². The lowest BCUT2D eigenvalue weighted by Gasteiger charge is -2.13. The van der Waals surface area contributed by atoms with Gasteiger partial charge in [-0.15, -0.1) is 0 Å². The van der Waals surface area contributed by atoms with Crippen molar-refractivity contribution in [3.63, 3.8) is 0 Å². The van der Waals surface area contributed by atoms with Gasteiger partial charge in [-0.25, -0.2) is 4.79 Å². The van der Waals surface area contributed by atoms with Gasteiger partial charge in [0, 0.05) is 16.6 Å². The Bertz CT molecular complexity index is 577. The van der Waals surface area contributed by atoms with Crippen LogP contribution in [0.1, 0.15) is 13.0 Å². The molecule has 0 saturated heterocycles. The van der Waals surface area contributed by atoms with Gasteiger partial charge in [-0.1, -0.05) is 23.2 Å². The number of halogens is 2. The summed E-state index contributed by atoms with van der Waals surface area (Å²) in [6.45, 7) is 1.76. The van der Waals surface area contributed by atoms with Crippen molar-refractivity contribution in [1.82, 2.24) is 4.57 Å². The predicted molar refractivity (Wildman–Crippen MR) is 68.7 cm³/mol. The molecule has 0 amide bonds. The third-order valence-electron chi connectivity index (χ3n) is 2.71. The number of carbonyl (C=O) groups is 1. The van der Waals surface area contributed by atoms with Gasteiger partial charge < -0.3 is 9.30 Å². The Kier molecular flexibility index (Phi) is 3.31. The van der Waals surface area contributed by atoms with Crippen molar-refractivity contribution in [3.8, 4) is 0 Å². The second-order valence-corrected chi connectivity index (χ2v) is 4.59. The van der Waals surface area contributed by atoms with Crippen LogP contribution >= 0.6 is 23.2 Å². The molecule has 0 aliphatic rings. The topological polar surface area (TPSA) is 31.2 Å². The van der Waals surface area contributed by atoms with Gasteiger partial charge in [0.25, 0.3) is 0 Å². The number of fused-ring (bicyclic) bond motifs is 1. The molecule has 2 rings (SSSR count). The first-order valence-corrected chi connectivity index (χ1v) is 5.83. The summed E-state index contributed by atoms with van der Waals surface area (Å²) in [4.78, 5) is 11.5. The molecule has 1 aromatic carbocycles. The van der Waals surface area contributed by atoms with E-state index in [0.717, 1.165) is 10.9 Å². The van der Waals surface area contributed by atoms with Crippen molar-refractivity contribution in [1.29, 1.82) is 0 Å². The van der Waals surface area contributed by atoms with E-state index in [4.69, 9.17) is 27.9 Å². The van der Waals surface area contributed by atoms with E-state index in [9.17, 15) is 4.79 Å². The average Bonchev–Trinajstić information content (AvgIpc) is 2.70. The molecule has 0 spiro atoms. The molecule has 0 aliphatic carbocycles. The molecular weight excluding hydrogens is 261 g/mol. The highest BCUT2D eigenvalue weighted by atomic mass is 35.5. The van der Waals surface area contributed by atoms with Crippen LogP contribution in [0.3, 0.4) is 0 Å². The summed E-state index contributed by atoms with van der Waals surface area (Å²) in [7, 11) is 1.37. The second-order valence-electron chi connectivity index (χ2n) is 3.74. The van der Waals surface area contributed by atoms with Crippen molar-refractivity contribution in [2.45, 2.75) is 13.0 Å². The third kappa shape index (κ3) is 2.13. The van der Waals surface area contributed by atoms with Crippen LogP contribution in [-0.2, 0) is 9.53 Å². The molecule has 1 aromatic heterocycles. The molecule has 0 unspecified atom stereocenters. The van der Waals surface area contributed by atoms with E-state index in [1.807, 2.05) is 6.07 Å². The van der Waals surface area contributed by atoms with Gasteiger partial charge >= 0.3 is 5.97 Å². The van der Waals surface area contributed by atoms with Crippen molar-refractivity contribution in [3.05, 3.63) is 34.4 Å². The Morgan fingerprint density at radius 2 is 2.12 bits per heavy atom. The van der Waals surface area contributed by atoms with E-state index in [-0.39, 0.29) is 5.97 Å². The Hall–Kier alpha value is -1.19. The predicted octanol–water partition coefficient (Wildman–Crippen LogP) is 3.68. The lowest BCUT2D eigenvalue weighted by molar-refractivity contribution is -0.143. The van der Waals surface area contributed by atoms with E-state index in [1.165, 1.54) is 7.11 Å². The molecular formula is C12H11Cl2NO2. The number of aromatic nitrogens is 1. The normalized spacial score (nSPS) is 12.7. The minimum atomic E-state index is -0.410. The Morgan fingerprint density at radius 3 is 2.76 bits per heavy atom. The lowest BCUT2D eigenvalue weighted by atomic mass is 10.2. The highest BCUT2D eigenvalue weighted by molar-refractivity contribution is 6.38. The maximum Gasteiger partial charge on any atom is 0.328 e. The molecule has 0 N–H and O–H groups in total. The standard InChI is InChI=1S/C12H11Cl2NO2/c1-7(12(16)17-2)15-4-3-9-10(14)5-8(13)6-11(9)15/h3-7H,1-2H3/t7-/m1/s1. The Labute approximate surface area is 109 Å². The summed E-state index contributed by atoms with van der Waals surface area (Å²) in [6, 6.07) is 4.90. The molecule has 0 bridgehead atoms. The molecule has 0 aliphatic heterocycles. The second kappa shape index (κ2) is 4.59. The highest BCUT2D eigenvalue weighted by Gasteiger charge is 2.17. The first-order chi connectivity index (χ1) is 8.04. The molecule has 1 heterocycles. The summed E-state index contributed by atoms with van der Waals surface area (Å²) < 4.78 is 6.51. The number of nitrogens with zero attached hydrogens (tertiary/aromatic N) is 1. The van der Waals surface area contributed by atoms with Crippen LogP contribution in [0, 0.1) is 0 Å². The van der Waals surface area contributed by atoms with Gasteiger partial charge in [0.2, 0.25) is 0 Å². The van der Waals surface area contributed by atoms with Crippen LogP contribution < -0.4 is 0 Å². The number of rotatable bonds is 2. The molecule has 3 nitrogen and oxygen atoms in total. The molecule has 1 atom stereocenters. The molecule has 2 aromatic rings. The fraction of sp³-hybridized carbons (Fsp3) is 0.250. The summed E-state index contributed by atoms with van der Waals surface area (Å²) >= 11 is 12.0. The number of carbonyl (C=O) groups excluding carboxylic acids is 1. The SMILES string of the molecule is COC(=O)[C@@H](C)n1ccc2c(Cl)cc(Cl)cc21. The zero-order valence-corrected chi connectivity index (χ0v) is 10.9. The smallest absolute Gasteiger partial charge is 0.328 e. The van der Waals surface area contributed by atoms with Crippen LogP contribution in [-0.4, -0.2) is 17.6 Å². The van der Waals surface area contributed by atoms with Crippen LogP contribution in [0.2, 0.25) is 10.0 Å². The minimum Gasteiger partial charge on any atom is -0.467 e. The number of hydrogen-bond donors (Lipinski definition) is 0. The van der Waals surface area contributed by atoms with Gasteiger partial charge in [-0.2, -0.15) is 0 Å². The average molecular weight is 272 g/mol. The highest BCUT2D eigenvalue weighted by Crippen LogP contribution is 2.30. The zero-order valence-electron chi connectivity index (χ0n) is 9.41. The first-order valence-electron chi connectivity index (χ1n) is 5.08. The fourth-order valence-corrected chi connectivity index (χ4v) is 2.35. The summed E-state index contributed by atoms with van der Waals surface area (Å²) in [5.74, 6) is -0.307. The minimum absolute atomic E-state index is 0.307. The van der Waals surface area contributed by atoms with Gasteiger partial charge in [0.15, 0.2) is 0 Å².